The lowest BCUT2D eigenvalue weighted by Crippen LogP contribution is -2.68. The Balaban J connectivity index is 2.01. The van der Waals surface area contributed by atoms with Gasteiger partial charge in [-0.05, 0) is 25.3 Å². The molecule has 0 aromatic rings. The van der Waals surface area contributed by atoms with Gasteiger partial charge < -0.3 is 34.6 Å². The van der Waals surface area contributed by atoms with Crippen LogP contribution in [0.4, 0.5) is 0 Å². The first-order chi connectivity index (χ1) is 13.4. The number of ether oxygens (including phenoxy) is 3. The maximum atomic E-state index is 12.7. The van der Waals surface area contributed by atoms with Crippen molar-refractivity contribution < 1.29 is 44.2 Å². The van der Waals surface area contributed by atoms with Crippen LogP contribution in [0.25, 0.3) is 0 Å². The van der Waals surface area contributed by atoms with E-state index in [1.54, 1.807) is 20.8 Å². The summed E-state index contributed by atoms with van der Waals surface area (Å²) in [5.74, 6) is -2.95. The maximum absolute atomic E-state index is 12.7. The van der Waals surface area contributed by atoms with Gasteiger partial charge in [-0.15, -0.1) is 0 Å². The zero-order chi connectivity index (χ0) is 21.7. The highest BCUT2D eigenvalue weighted by Crippen LogP contribution is 2.67. The molecule has 2 aliphatic heterocycles. The highest BCUT2D eigenvalue weighted by Gasteiger charge is 2.81. The van der Waals surface area contributed by atoms with E-state index in [0.717, 1.165) is 0 Å². The Morgan fingerprint density at radius 1 is 1.17 bits per heavy atom. The fourth-order valence-electron chi connectivity index (χ4n) is 6.08. The van der Waals surface area contributed by atoms with Crippen LogP contribution in [-0.4, -0.2) is 81.2 Å². The molecule has 4 rings (SSSR count). The molecule has 2 heterocycles. The number of fused-ring (bicyclic) bond motifs is 1. The zero-order valence-electron chi connectivity index (χ0n) is 17.1. The second-order valence-electron chi connectivity index (χ2n) is 9.20. The molecular weight excluding hydrogens is 384 g/mol. The third kappa shape index (κ3) is 2.07. The topological polar surface area (TPSA) is 143 Å². The van der Waals surface area contributed by atoms with Crippen molar-refractivity contribution in [1.29, 1.82) is 0 Å². The second kappa shape index (κ2) is 6.01. The van der Waals surface area contributed by atoms with Crippen LogP contribution in [0, 0.1) is 17.3 Å². The van der Waals surface area contributed by atoms with Crippen LogP contribution < -0.4 is 0 Å². The van der Waals surface area contributed by atoms with E-state index in [-0.39, 0.29) is 12.0 Å². The summed E-state index contributed by atoms with van der Waals surface area (Å²) in [7, 11) is 1.35. The van der Waals surface area contributed by atoms with Crippen LogP contribution in [0.2, 0.25) is 0 Å². The van der Waals surface area contributed by atoms with Gasteiger partial charge in [0.15, 0.2) is 11.7 Å². The van der Waals surface area contributed by atoms with Gasteiger partial charge in [0.05, 0.1) is 29.1 Å². The van der Waals surface area contributed by atoms with Gasteiger partial charge in [-0.3, -0.25) is 4.79 Å². The molecule has 0 radical (unpaired) electrons. The SMILES string of the molecule is CO[C@@H]1[C@H](O)[C@@](O)(C(C)C)C2=C3[C@H](OC2=O)[C@@H](O)[C@]2(C[C@@H]([C@@H](C)O)C(=O)O2)[C@@]31C. The van der Waals surface area contributed by atoms with Gasteiger partial charge in [-0.2, -0.15) is 0 Å². The molecule has 0 aromatic carbocycles. The summed E-state index contributed by atoms with van der Waals surface area (Å²) in [5, 5.41) is 43.9. The molecule has 0 amide bonds. The number of hydrogen-bond acceptors (Lipinski definition) is 9. The van der Waals surface area contributed by atoms with Crippen molar-refractivity contribution in [1.82, 2.24) is 0 Å². The Kier molecular flexibility index (Phi) is 4.30. The number of esters is 2. The predicted octanol–water partition coefficient (Wildman–Crippen LogP) is -0.951. The quantitative estimate of drug-likeness (QED) is 0.431. The molecule has 0 unspecified atom stereocenters. The Morgan fingerprint density at radius 2 is 1.79 bits per heavy atom. The molecule has 2 aliphatic carbocycles. The first kappa shape index (κ1) is 20.7. The van der Waals surface area contributed by atoms with Crippen LogP contribution in [0.1, 0.15) is 34.1 Å². The van der Waals surface area contributed by atoms with Crippen LogP contribution in [0.3, 0.4) is 0 Å². The first-order valence-electron chi connectivity index (χ1n) is 9.87. The lowest BCUT2D eigenvalue weighted by atomic mass is 9.56. The number of carbonyl (C=O) groups is 2. The standard InChI is InChI=1S/C20H28O9/c1-7(2)20(26)11-10-12(28-17(11)25)13(22)19(6-9(8(3)21)16(24)29-19)18(10,4)15(27-5)14(20)23/h7-9,12-15,21-23,26H,6H2,1-5H3/t8-,9+,12+,13-,14+,15-,18+,19-,20-/m1/s1. The Hall–Kier alpha value is -1.52. The summed E-state index contributed by atoms with van der Waals surface area (Å²) in [4.78, 5) is 25.3. The molecule has 1 saturated carbocycles. The summed E-state index contributed by atoms with van der Waals surface area (Å²) in [6.45, 7) is 6.42. The first-order valence-corrected chi connectivity index (χ1v) is 9.87. The van der Waals surface area contributed by atoms with Gasteiger partial charge >= 0.3 is 11.9 Å². The largest absolute Gasteiger partial charge is 0.455 e. The van der Waals surface area contributed by atoms with Crippen LogP contribution in [0.5, 0.6) is 0 Å². The highest BCUT2D eigenvalue weighted by atomic mass is 16.6. The van der Waals surface area contributed by atoms with Crippen molar-refractivity contribution in [2.24, 2.45) is 17.3 Å². The molecule has 1 saturated heterocycles. The van der Waals surface area contributed by atoms with E-state index in [0.29, 0.717) is 5.57 Å². The molecule has 0 bridgehead atoms. The molecule has 9 heteroatoms. The van der Waals surface area contributed by atoms with Gasteiger partial charge in [-0.25, -0.2) is 4.79 Å². The monoisotopic (exact) mass is 412 g/mol. The number of rotatable bonds is 3. The summed E-state index contributed by atoms with van der Waals surface area (Å²) in [6.07, 6.45) is -6.29. The van der Waals surface area contributed by atoms with Gasteiger partial charge in [0.2, 0.25) is 0 Å². The van der Waals surface area contributed by atoms with Crippen molar-refractivity contribution in [2.75, 3.05) is 7.11 Å². The summed E-state index contributed by atoms with van der Waals surface area (Å²) >= 11 is 0. The summed E-state index contributed by atoms with van der Waals surface area (Å²) in [5.41, 5.74) is -4.71. The van der Waals surface area contributed by atoms with Crippen molar-refractivity contribution in [3.8, 4) is 0 Å². The van der Waals surface area contributed by atoms with Crippen molar-refractivity contribution in [3.05, 3.63) is 11.1 Å². The van der Waals surface area contributed by atoms with Crippen LogP contribution >= 0.6 is 0 Å². The molecule has 4 aliphatic rings. The number of aliphatic hydroxyl groups excluding tert-OH is 3. The van der Waals surface area contributed by atoms with E-state index >= 15 is 0 Å². The summed E-state index contributed by atoms with van der Waals surface area (Å²) in [6, 6.07) is 0. The molecule has 4 N–H and O–H groups in total. The molecule has 0 aromatic heterocycles. The molecule has 29 heavy (non-hydrogen) atoms. The van der Waals surface area contributed by atoms with Gasteiger partial charge in [0, 0.05) is 13.5 Å². The molecule has 162 valence electrons. The molecule has 9 atom stereocenters. The van der Waals surface area contributed by atoms with Crippen molar-refractivity contribution in [3.63, 3.8) is 0 Å². The highest BCUT2D eigenvalue weighted by molar-refractivity contribution is 5.97. The van der Waals surface area contributed by atoms with E-state index in [2.05, 4.69) is 0 Å². The van der Waals surface area contributed by atoms with Gasteiger partial charge in [-0.1, -0.05) is 13.8 Å². The van der Waals surface area contributed by atoms with Crippen LogP contribution in [0.15, 0.2) is 11.1 Å². The Labute approximate surface area is 168 Å². The average Bonchev–Trinajstić information content (AvgIpc) is 3.22. The third-order valence-corrected chi connectivity index (χ3v) is 7.73. The summed E-state index contributed by atoms with van der Waals surface area (Å²) < 4.78 is 16.8. The lowest BCUT2D eigenvalue weighted by Gasteiger charge is -2.54. The minimum absolute atomic E-state index is 0.0430. The molecule has 2 fully saturated rings. The second-order valence-corrected chi connectivity index (χ2v) is 9.20. The average molecular weight is 412 g/mol. The number of hydrogen-bond donors (Lipinski definition) is 4. The lowest BCUT2D eigenvalue weighted by molar-refractivity contribution is -0.226. The van der Waals surface area contributed by atoms with E-state index in [9.17, 15) is 30.0 Å². The smallest absolute Gasteiger partial charge is 0.337 e. The minimum Gasteiger partial charge on any atom is -0.455 e. The van der Waals surface area contributed by atoms with E-state index in [1.807, 2.05) is 0 Å². The number of methoxy groups -OCH3 is 1. The molecule has 1 spiro atoms. The normalized spacial score (nSPS) is 49.7. The molecular formula is C20H28O9. The predicted molar refractivity (Wildman–Crippen MR) is 96.2 cm³/mol. The Morgan fingerprint density at radius 3 is 2.28 bits per heavy atom. The zero-order valence-corrected chi connectivity index (χ0v) is 17.1. The van der Waals surface area contributed by atoms with Crippen molar-refractivity contribution in [2.45, 2.75) is 75.8 Å². The Bertz CT molecular complexity index is 804. The fraction of sp³-hybridized carbons (Fsp3) is 0.800. The van der Waals surface area contributed by atoms with Gasteiger partial charge in [0.1, 0.15) is 17.8 Å². The third-order valence-electron chi connectivity index (χ3n) is 7.73. The van der Waals surface area contributed by atoms with Crippen LogP contribution in [-0.2, 0) is 23.8 Å². The van der Waals surface area contributed by atoms with Gasteiger partial charge in [0.25, 0.3) is 0 Å². The fourth-order valence-corrected chi connectivity index (χ4v) is 6.08. The van der Waals surface area contributed by atoms with Crippen molar-refractivity contribution >= 4 is 11.9 Å². The van der Waals surface area contributed by atoms with E-state index < -0.39 is 70.9 Å². The maximum Gasteiger partial charge on any atom is 0.337 e. The molecule has 9 nitrogen and oxygen atoms in total. The number of aliphatic hydroxyl groups is 4. The van der Waals surface area contributed by atoms with E-state index in [4.69, 9.17) is 14.2 Å². The minimum atomic E-state index is -1.96. The number of carbonyl (C=O) groups excluding carboxylic acids is 2. The van der Waals surface area contributed by atoms with E-state index in [1.165, 1.54) is 14.0 Å².